The van der Waals surface area contributed by atoms with Gasteiger partial charge in [0.2, 0.25) is 6.41 Å². The van der Waals surface area contributed by atoms with E-state index in [9.17, 15) is 4.79 Å². The summed E-state index contributed by atoms with van der Waals surface area (Å²) in [6.07, 6.45) is 1.86. The van der Waals surface area contributed by atoms with Crippen molar-refractivity contribution in [3.63, 3.8) is 0 Å². The fourth-order valence-electron chi connectivity index (χ4n) is 1.46. The Morgan fingerprint density at radius 1 is 1.33 bits per heavy atom. The molecular weight excluding hydrogens is 152 g/mol. The molecule has 0 aromatic carbocycles. The Hall–Kier alpha value is -0.570. The summed E-state index contributed by atoms with van der Waals surface area (Å²) >= 11 is 0. The standard InChI is InChI=1S/C9H20N2O/c1-4-9(7-10-8-12)11(5-2)6-3/h8-9H,4-7H2,1-3H3,(H,10,12). The molecule has 0 heterocycles. The highest BCUT2D eigenvalue weighted by Crippen LogP contribution is 2.01. The zero-order valence-electron chi connectivity index (χ0n) is 8.34. The van der Waals surface area contributed by atoms with Crippen molar-refractivity contribution in [3.8, 4) is 0 Å². The van der Waals surface area contributed by atoms with Crippen molar-refractivity contribution in [1.82, 2.24) is 10.2 Å². The number of hydrogen-bond acceptors (Lipinski definition) is 2. The summed E-state index contributed by atoms with van der Waals surface area (Å²) in [7, 11) is 0. The second-order valence-electron chi connectivity index (χ2n) is 2.81. The van der Waals surface area contributed by atoms with Crippen LogP contribution in [-0.4, -0.2) is 37.0 Å². The maximum atomic E-state index is 10.1. The predicted octanol–water partition coefficient (Wildman–Crippen LogP) is 0.853. The quantitative estimate of drug-likeness (QED) is 0.577. The van der Waals surface area contributed by atoms with Gasteiger partial charge in [0, 0.05) is 12.6 Å². The maximum absolute atomic E-state index is 10.1. The van der Waals surface area contributed by atoms with Crippen LogP contribution in [0.1, 0.15) is 27.2 Å². The molecule has 12 heavy (non-hydrogen) atoms. The van der Waals surface area contributed by atoms with Crippen LogP contribution >= 0.6 is 0 Å². The first-order chi connectivity index (χ1) is 5.79. The van der Waals surface area contributed by atoms with Crippen molar-refractivity contribution >= 4 is 6.41 Å². The van der Waals surface area contributed by atoms with Gasteiger partial charge in [-0.3, -0.25) is 9.69 Å². The molecule has 0 radical (unpaired) electrons. The Bertz CT molecular complexity index is 113. The van der Waals surface area contributed by atoms with Crippen molar-refractivity contribution in [1.29, 1.82) is 0 Å². The van der Waals surface area contributed by atoms with Crippen LogP contribution in [0.3, 0.4) is 0 Å². The summed E-state index contributed by atoms with van der Waals surface area (Å²) in [6, 6.07) is 0.491. The van der Waals surface area contributed by atoms with Crippen LogP contribution in [0.4, 0.5) is 0 Å². The van der Waals surface area contributed by atoms with E-state index in [1.165, 1.54) is 0 Å². The van der Waals surface area contributed by atoms with Gasteiger partial charge < -0.3 is 5.32 Å². The Morgan fingerprint density at radius 3 is 2.25 bits per heavy atom. The zero-order chi connectivity index (χ0) is 9.40. The molecular formula is C9H20N2O. The Labute approximate surface area is 75.1 Å². The van der Waals surface area contributed by atoms with Crippen LogP contribution in [0.5, 0.6) is 0 Å². The molecule has 1 amide bonds. The van der Waals surface area contributed by atoms with Gasteiger partial charge >= 0.3 is 0 Å². The van der Waals surface area contributed by atoms with E-state index in [2.05, 4.69) is 31.0 Å². The van der Waals surface area contributed by atoms with Crippen LogP contribution in [0.2, 0.25) is 0 Å². The number of nitrogens with one attached hydrogen (secondary N) is 1. The molecule has 0 aliphatic heterocycles. The summed E-state index contributed by atoms with van der Waals surface area (Å²) in [6.45, 7) is 9.31. The first-order valence-corrected chi connectivity index (χ1v) is 4.71. The van der Waals surface area contributed by atoms with Crippen LogP contribution in [0, 0.1) is 0 Å². The lowest BCUT2D eigenvalue weighted by molar-refractivity contribution is -0.109. The molecule has 0 aromatic heterocycles. The summed E-state index contributed by atoms with van der Waals surface area (Å²) < 4.78 is 0. The highest BCUT2D eigenvalue weighted by Gasteiger charge is 2.11. The molecule has 0 saturated carbocycles. The van der Waals surface area contributed by atoms with Crippen molar-refractivity contribution in [2.45, 2.75) is 33.2 Å². The van der Waals surface area contributed by atoms with Gasteiger partial charge in [0.1, 0.15) is 0 Å². The second-order valence-corrected chi connectivity index (χ2v) is 2.81. The Balaban J connectivity index is 3.83. The number of rotatable bonds is 7. The average Bonchev–Trinajstić information content (AvgIpc) is 2.12. The summed E-state index contributed by atoms with van der Waals surface area (Å²) in [5.41, 5.74) is 0. The van der Waals surface area contributed by atoms with Crippen LogP contribution < -0.4 is 5.32 Å². The average molecular weight is 172 g/mol. The third kappa shape index (κ3) is 3.72. The number of likely N-dealkylation sites (N-methyl/N-ethyl adjacent to an activating group) is 1. The molecule has 1 atom stereocenters. The molecule has 3 nitrogen and oxygen atoms in total. The third-order valence-electron chi connectivity index (χ3n) is 2.24. The molecule has 0 rings (SSSR count). The Kier molecular flexibility index (Phi) is 6.76. The smallest absolute Gasteiger partial charge is 0.207 e. The molecule has 0 fully saturated rings. The van der Waals surface area contributed by atoms with E-state index in [0.29, 0.717) is 6.04 Å². The van der Waals surface area contributed by atoms with Gasteiger partial charge in [-0.05, 0) is 19.5 Å². The monoisotopic (exact) mass is 172 g/mol. The van der Waals surface area contributed by atoms with E-state index >= 15 is 0 Å². The lowest BCUT2D eigenvalue weighted by Gasteiger charge is -2.28. The molecule has 1 N–H and O–H groups in total. The molecule has 0 aliphatic carbocycles. The normalized spacial score (nSPS) is 13.0. The van der Waals surface area contributed by atoms with E-state index in [1.54, 1.807) is 0 Å². The molecule has 3 heteroatoms. The number of amides is 1. The largest absolute Gasteiger partial charge is 0.357 e. The lowest BCUT2D eigenvalue weighted by atomic mass is 10.2. The SMILES string of the molecule is CCC(CNC=O)N(CC)CC. The summed E-state index contributed by atoms with van der Waals surface area (Å²) in [4.78, 5) is 12.5. The number of carbonyl (C=O) groups excluding carboxylic acids is 1. The first kappa shape index (κ1) is 11.4. The van der Waals surface area contributed by atoms with Crippen molar-refractivity contribution in [3.05, 3.63) is 0 Å². The summed E-state index contributed by atoms with van der Waals surface area (Å²) in [5, 5.41) is 2.73. The van der Waals surface area contributed by atoms with Crippen molar-refractivity contribution in [2.24, 2.45) is 0 Å². The maximum Gasteiger partial charge on any atom is 0.207 e. The van der Waals surface area contributed by atoms with Crippen molar-refractivity contribution in [2.75, 3.05) is 19.6 Å². The van der Waals surface area contributed by atoms with Crippen molar-refractivity contribution < 1.29 is 4.79 Å². The number of nitrogens with zero attached hydrogens (tertiary/aromatic N) is 1. The molecule has 0 aromatic rings. The van der Waals surface area contributed by atoms with Crippen LogP contribution in [-0.2, 0) is 4.79 Å². The number of carbonyl (C=O) groups is 1. The van der Waals surface area contributed by atoms with Gasteiger partial charge in [0.25, 0.3) is 0 Å². The minimum atomic E-state index is 0.491. The fourth-order valence-corrected chi connectivity index (χ4v) is 1.46. The molecule has 72 valence electrons. The van der Waals surface area contributed by atoms with Crippen LogP contribution in [0.25, 0.3) is 0 Å². The second kappa shape index (κ2) is 7.10. The Morgan fingerprint density at radius 2 is 1.92 bits per heavy atom. The molecule has 0 spiro atoms. The highest BCUT2D eigenvalue weighted by atomic mass is 16.1. The van der Waals surface area contributed by atoms with E-state index in [1.807, 2.05) is 0 Å². The minimum Gasteiger partial charge on any atom is -0.357 e. The lowest BCUT2D eigenvalue weighted by Crippen LogP contribution is -2.41. The molecule has 0 bridgehead atoms. The number of hydrogen-bond donors (Lipinski definition) is 1. The molecule has 0 aliphatic rings. The van der Waals surface area contributed by atoms with E-state index < -0.39 is 0 Å². The zero-order valence-corrected chi connectivity index (χ0v) is 8.34. The topological polar surface area (TPSA) is 32.3 Å². The van der Waals surface area contributed by atoms with E-state index in [4.69, 9.17) is 0 Å². The summed E-state index contributed by atoms with van der Waals surface area (Å²) in [5.74, 6) is 0. The van der Waals surface area contributed by atoms with Gasteiger partial charge in [-0.25, -0.2) is 0 Å². The minimum absolute atomic E-state index is 0.491. The van der Waals surface area contributed by atoms with Gasteiger partial charge in [-0.2, -0.15) is 0 Å². The van der Waals surface area contributed by atoms with Gasteiger partial charge in [0.15, 0.2) is 0 Å². The molecule has 0 saturated heterocycles. The van der Waals surface area contributed by atoms with Crippen LogP contribution in [0.15, 0.2) is 0 Å². The van der Waals surface area contributed by atoms with E-state index in [-0.39, 0.29) is 0 Å². The fraction of sp³-hybridized carbons (Fsp3) is 0.889. The highest BCUT2D eigenvalue weighted by molar-refractivity contribution is 5.45. The van der Waals surface area contributed by atoms with Gasteiger partial charge in [0.05, 0.1) is 0 Å². The third-order valence-corrected chi connectivity index (χ3v) is 2.24. The van der Waals surface area contributed by atoms with Gasteiger partial charge in [-0.15, -0.1) is 0 Å². The van der Waals surface area contributed by atoms with Gasteiger partial charge in [-0.1, -0.05) is 20.8 Å². The van der Waals surface area contributed by atoms with E-state index in [0.717, 1.165) is 32.5 Å². The predicted molar refractivity (Wildman–Crippen MR) is 51.1 cm³/mol. The first-order valence-electron chi connectivity index (χ1n) is 4.71. The molecule has 1 unspecified atom stereocenters.